The molecule has 0 unspecified atom stereocenters. The van der Waals surface area contributed by atoms with E-state index in [-0.39, 0.29) is 23.1 Å². The van der Waals surface area contributed by atoms with E-state index in [0.29, 0.717) is 23.6 Å². The lowest BCUT2D eigenvalue weighted by Crippen LogP contribution is -2.46. The van der Waals surface area contributed by atoms with Crippen molar-refractivity contribution in [1.82, 2.24) is 9.97 Å². The van der Waals surface area contributed by atoms with Crippen LogP contribution < -0.4 is 15.1 Å². The van der Waals surface area contributed by atoms with Crippen LogP contribution in [-0.4, -0.2) is 39.7 Å². The molecule has 2 aliphatic heterocycles. The highest BCUT2D eigenvalue weighted by Gasteiger charge is 2.39. The average Bonchev–Trinajstić information content (AvgIpc) is 3.04. The lowest BCUT2D eigenvalue weighted by molar-refractivity contribution is 0.0695. The Morgan fingerprint density at radius 1 is 1.58 bits per heavy atom. The Morgan fingerprint density at radius 3 is 3.17 bits per heavy atom. The molecular formula is C17H17N3O4. The molecule has 24 heavy (non-hydrogen) atoms. The summed E-state index contributed by atoms with van der Waals surface area (Å²) in [6, 6.07) is 1.86. The Hall–Kier alpha value is -2.83. The van der Waals surface area contributed by atoms with Gasteiger partial charge in [-0.2, -0.15) is 0 Å². The van der Waals surface area contributed by atoms with E-state index in [0.717, 1.165) is 19.4 Å². The smallest absolute Gasteiger partial charge is 0.341 e. The van der Waals surface area contributed by atoms with Crippen LogP contribution in [0.15, 0.2) is 29.7 Å². The Bertz CT molecular complexity index is 905. The Labute approximate surface area is 137 Å². The van der Waals surface area contributed by atoms with Gasteiger partial charge in [-0.25, -0.2) is 9.78 Å². The number of nitrogens with zero attached hydrogens (tertiary/aromatic N) is 2. The molecule has 4 heterocycles. The number of nitrogens with one attached hydrogen (secondary N) is 1. The second-order valence-electron chi connectivity index (χ2n) is 6.13. The van der Waals surface area contributed by atoms with E-state index in [1.165, 1.54) is 6.20 Å². The predicted molar refractivity (Wildman–Crippen MR) is 88.9 cm³/mol. The van der Waals surface area contributed by atoms with E-state index in [1.54, 1.807) is 6.07 Å². The molecule has 0 amide bonds. The van der Waals surface area contributed by atoms with Gasteiger partial charge in [0, 0.05) is 19.2 Å². The second-order valence-corrected chi connectivity index (χ2v) is 6.13. The molecule has 0 radical (unpaired) electrons. The summed E-state index contributed by atoms with van der Waals surface area (Å²) in [6.07, 6.45) is 5.80. The number of pyridine rings is 2. The van der Waals surface area contributed by atoms with Crippen molar-refractivity contribution >= 4 is 22.8 Å². The van der Waals surface area contributed by atoms with Gasteiger partial charge >= 0.3 is 5.97 Å². The van der Waals surface area contributed by atoms with Crippen LogP contribution in [0.25, 0.3) is 11.0 Å². The third-order valence-electron chi connectivity index (χ3n) is 4.72. The van der Waals surface area contributed by atoms with Crippen LogP contribution in [0.5, 0.6) is 5.75 Å². The number of carboxylic acids is 1. The predicted octanol–water partition coefficient (Wildman–Crippen LogP) is 1.93. The zero-order valence-corrected chi connectivity index (χ0v) is 13.0. The van der Waals surface area contributed by atoms with E-state index >= 15 is 0 Å². The number of aromatic carboxylic acids is 1. The van der Waals surface area contributed by atoms with Crippen LogP contribution in [0.3, 0.4) is 0 Å². The maximum Gasteiger partial charge on any atom is 0.341 e. The number of aromatic amines is 1. The standard InChI is InChI=1S/C17H17N3O4/c1-2-4-12-11-5-3-6-20(11)16-13(24-12)7-9-14(21)10(17(22)23)8-18-15(9)19-16/h2,7-8,11-12H,1,3-6H2,(H,22,23)(H,18,19,21)/t11-,12+/m0/s1. The summed E-state index contributed by atoms with van der Waals surface area (Å²) in [6.45, 7) is 4.68. The summed E-state index contributed by atoms with van der Waals surface area (Å²) < 4.78 is 6.07. The van der Waals surface area contributed by atoms with Gasteiger partial charge in [-0.1, -0.05) is 6.08 Å². The molecule has 0 saturated carbocycles. The van der Waals surface area contributed by atoms with Crippen molar-refractivity contribution in [2.24, 2.45) is 0 Å². The fraction of sp³-hybridized carbons (Fsp3) is 0.353. The van der Waals surface area contributed by atoms with E-state index in [2.05, 4.69) is 21.4 Å². The quantitative estimate of drug-likeness (QED) is 0.836. The van der Waals surface area contributed by atoms with Gasteiger partial charge in [0.2, 0.25) is 5.43 Å². The molecule has 0 aromatic carbocycles. The molecule has 2 aromatic heterocycles. The van der Waals surface area contributed by atoms with Crippen molar-refractivity contribution in [2.45, 2.75) is 31.4 Å². The largest absolute Gasteiger partial charge is 0.484 e. The number of carbonyl (C=O) groups is 1. The number of anilines is 1. The van der Waals surface area contributed by atoms with Crippen molar-refractivity contribution < 1.29 is 14.6 Å². The highest BCUT2D eigenvalue weighted by atomic mass is 16.5. The summed E-state index contributed by atoms with van der Waals surface area (Å²) >= 11 is 0. The van der Waals surface area contributed by atoms with Gasteiger partial charge in [-0.3, -0.25) is 4.79 Å². The van der Waals surface area contributed by atoms with Crippen LogP contribution in [0.2, 0.25) is 0 Å². The van der Waals surface area contributed by atoms with Gasteiger partial charge in [0.15, 0.2) is 11.6 Å². The van der Waals surface area contributed by atoms with Crippen molar-refractivity contribution in [3.05, 3.63) is 40.7 Å². The maximum absolute atomic E-state index is 12.4. The highest BCUT2D eigenvalue weighted by molar-refractivity contribution is 5.92. The first-order valence-electron chi connectivity index (χ1n) is 7.94. The summed E-state index contributed by atoms with van der Waals surface area (Å²) in [4.78, 5) is 33.1. The van der Waals surface area contributed by atoms with Gasteiger partial charge in [-0.15, -0.1) is 6.58 Å². The third-order valence-corrected chi connectivity index (χ3v) is 4.72. The van der Waals surface area contributed by atoms with Crippen molar-refractivity contribution in [1.29, 1.82) is 0 Å². The molecule has 124 valence electrons. The number of carboxylic acid groups (broad SMARTS) is 1. The lowest BCUT2D eigenvalue weighted by Gasteiger charge is -2.38. The van der Waals surface area contributed by atoms with E-state index in [1.807, 2.05) is 6.08 Å². The van der Waals surface area contributed by atoms with Crippen LogP contribution in [0.1, 0.15) is 29.6 Å². The number of hydrogen-bond donors (Lipinski definition) is 2. The second kappa shape index (κ2) is 5.36. The van der Waals surface area contributed by atoms with Crippen LogP contribution >= 0.6 is 0 Å². The summed E-state index contributed by atoms with van der Waals surface area (Å²) in [7, 11) is 0. The summed E-state index contributed by atoms with van der Waals surface area (Å²) in [5, 5.41) is 9.33. The normalized spacial score (nSPS) is 21.9. The third kappa shape index (κ3) is 2.08. The molecule has 0 bridgehead atoms. The minimum Gasteiger partial charge on any atom is -0.484 e. The zero-order valence-electron chi connectivity index (χ0n) is 13.0. The van der Waals surface area contributed by atoms with Crippen molar-refractivity contribution in [3.8, 4) is 5.75 Å². The monoisotopic (exact) mass is 327 g/mol. The molecule has 2 aliphatic rings. The van der Waals surface area contributed by atoms with Gasteiger partial charge in [0.1, 0.15) is 17.3 Å². The molecule has 2 aromatic rings. The molecule has 0 aliphatic carbocycles. The zero-order chi connectivity index (χ0) is 16.8. The van der Waals surface area contributed by atoms with Crippen LogP contribution in [0.4, 0.5) is 5.82 Å². The highest BCUT2D eigenvalue weighted by Crippen LogP contribution is 2.40. The molecule has 1 saturated heterocycles. The first-order valence-corrected chi connectivity index (χ1v) is 7.94. The molecule has 7 heteroatoms. The van der Waals surface area contributed by atoms with Gasteiger partial charge in [-0.05, 0) is 18.9 Å². The Kier molecular flexibility index (Phi) is 3.30. The molecule has 2 N–H and O–H groups in total. The number of fused-ring (bicyclic) bond motifs is 4. The van der Waals surface area contributed by atoms with Crippen LogP contribution in [0, 0.1) is 0 Å². The number of ether oxygens (including phenoxy) is 1. The minimum absolute atomic E-state index is 0.0292. The molecule has 0 spiro atoms. The molecular weight excluding hydrogens is 310 g/mol. The van der Waals surface area contributed by atoms with Gasteiger partial charge in [0.05, 0.1) is 11.4 Å². The van der Waals surface area contributed by atoms with E-state index in [4.69, 9.17) is 9.84 Å². The van der Waals surface area contributed by atoms with Gasteiger partial charge in [0.25, 0.3) is 0 Å². The summed E-state index contributed by atoms with van der Waals surface area (Å²) in [5.41, 5.74) is -0.485. The fourth-order valence-electron chi connectivity index (χ4n) is 3.62. The minimum atomic E-state index is -1.26. The Balaban J connectivity index is 1.90. The number of aromatic nitrogens is 2. The SMILES string of the molecule is C=CC[C@H]1Oc2cc3c(=O)c(C(=O)O)c[nH]c3nc2N2CCC[C@@H]12. The average molecular weight is 327 g/mol. The van der Waals surface area contributed by atoms with E-state index in [9.17, 15) is 9.59 Å². The van der Waals surface area contributed by atoms with Gasteiger partial charge < -0.3 is 19.7 Å². The van der Waals surface area contributed by atoms with E-state index < -0.39 is 11.4 Å². The lowest BCUT2D eigenvalue weighted by atomic mass is 10.0. The molecule has 7 nitrogen and oxygen atoms in total. The topological polar surface area (TPSA) is 95.5 Å². The van der Waals surface area contributed by atoms with Crippen LogP contribution in [-0.2, 0) is 0 Å². The molecule has 1 fully saturated rings. The fourth-order valence-corrected chi connectivity index (χ4v) is 3.62. The first kappa shape index (κ1) is 14.7. The first-order chi connectivity index (χ1) is 11.6. The molecule has 2 atom stereocenters. The maximum atomic E-state index is 12.4. The number of hydrogen-bond acceptors (Lipinski definition) is 5. The number of rotatable bonds is 3. The molecule has 4 rings (SSSR count). The summed E-state index contributed by atoms with van der Waals surface area (Å²) in [5.74, 6) is -0.0227. The van der Waals surface area contributed by atoms with Crippen molar-refractivity contribution in [3.63, 3.8) is 0 Å². The number of H-pyrrole nitrogens is 1. The van der Waals surface area contributed by atoms with Crippen molar-refractivity contribution in [2.75, 3.05) is 11.4 Å². The Morgan fingerprint density at radius 2 is 2.42 bits per heavy atom.